The number of hydrogen-bond donors (Lipinski definition) is 2. The van der Waals surface area contributed by atoms with Crippen molar-refractivity contribution < 1.29 is 29.6 Å². The van der Waals surface area contributed by atoms with Crippen molar-refractivity contribution in [2.45, 2.75) is 6.42 Å². The number of carbonyl (C=O) groups is 2. The highest BCUT2D eigenvalue weighted by molar-refractivity contribution is 5.83. The molecule has 0 aliphatic rings. The molecule has 2 aromatic rings. The third-order valence-electron chi connectivity index (χ3n) is 3.41. The Morgan fingerprint density at radius 1 is 0.800 bits per heavy atom. The van der Waals surface area contributed by atoms with E-state index in [1.54, 1.807) is 0 Å². The van der Waals surface area contributed by atoms with Gasteiger partial charge in [0, 0.05) is 12.1 Å². The van der Waals surface area contributed by atoms with Crippen molar-refractivity contribution in [2.24, 2.45) is 0 Å². The monoisotopic (exact) mass is 346 g/mol. The average Bonchev–Trinajstić information content (AvgIpc) is 2.56. The van der Waals surface area contributed by atoms with Gasteiger partial charge < -0.3 is 10.2 Å². The van der Waals surface area contributed by atoms with Gasteiger partial charge >= 0.3 is 11.4 Å². The zero-order valence-corrected chi connectivity index (χ0v) is 12.4. The predicted octanol–water partition coefficient (Wildman–Crippen LogP) is 2.13. The maximum Gasteiger partial charge on any atom is 0.311 e. The zero-order valence-electron chi connectivity index (χ0n) is 12.4. The molecule has 0 amide bonds. The van der Waals surface area contributed by atoms with Crippen LogP contribution in [-0.4, -0.2) is 32.6 Å². The summed E-state index contributed by atoms with van der Waals surface area (Å²) < 4.78 is 0. The highest BCUT2D eigenvalue weighted by Gasteiger charge is 2.21. The third kappa shape index (κ3) is 3.42. The van der Waals surface area contributed by atoms with Crippen LogP contribution >= 0.6 is 0 Å². The summed E-state index contributed by atoms with van der Waals surface area (Å²) in [5.74, 6) is -1.57. The van der Waals surface area contributed by atoms with Crippen molar-refractivity contribution in [2.75, 3.05) is 0 Å². The van der Waals surface area contributed by atoms with Gasteiger partial charge in [0.05, 0.1) is 21.0 Å². The lowest BCUT2D eigenvalue weighted by Crippen LogP contribution is -1.99. The van der Waals surface area contributed by atoms with Crippen LogP contribution < -0.4 is 0 Å². The molecule has 0 aliphatic heterocycles. The van der Waals surface area contributed by atoms with Gasteiger partial charge in [0.1, 0.15) is 0 Å². The molecule has 10 heteroatoms. The van der Waals surface area contributed by atoms with Crippen LogP contribution in [0.1, 0.15) is 31.8 Å². The van der Waals surface area contributed by atoms with Crippen LogP contribution in [0.4, 0.5) is 11.4 Å². The SMILES string of the molecule is O=Cc1cc(Cc2cc(C=O)c(O)c([N+](=O)[O-])c2)cc([N+](=O)[O-])c1O. The minimum Gasteiger partial charge on any atom is -0.502 e. The molecule has 128 valence electrons. The van der Waals surface area contributed by atoms with E-state index in [1.165, 1.54) is 12.1 Å². The number of nitro groups is 2. The number of nitrogens with zero attached hydrogens (tertiary/aromatic N) is 2. The van der Waals surface area contributed by atoms with Crippen LogP contribution in [-0.2, 0) is 6.42 Å². The summed E-state index contributed by atoms with van der Waals surface area (Å²) in [6.07, 6.45) is 0.369. The molecular formula is C15H10N2O8. The van der Waals surface area contributed by atoms with E-state index in [-0.39, 0.29) is 41.2 Å². The molecular weight excluding hydrogens is 336 g/mol. The van der Waals surface area contributed by atoms with Gasteiger partial charge in [0.25, 0.3) is 0 Å². The summed E-state index contributed by atoms with van der Waals surface area (Å²) in [5.41, 5.74) is -1.58. The minimum absolute atomic E-state index is 0.107. The molecule has 0 atom stereocenters. The standard InChI is InChI=1S/C15H10N2O8/c18-6-10-2-8(4-12(14(10)20)16(22)23)1-9-3-11(7-19)15(21)13(5-9)17(24)25/h2-7,20-21H,1H2. The summed E-state index contributed by atoms with van der Waals surface area (Å²) in [5, 5.41) is 41.2. The number of aromatic hydroxyl groups is 2. The highest BCUT2D eigenvalue weighted by Crippen LogP contribution is 2.34. The third-order valence-corrected chi connectivity index (χ3v) is 3.41. The van der Waals surface area contributed by atoms with Crippen LogP contribution in [0.3, 0.4) is 0 Å². The molecule has 10 nitrogen and oxygen atoms in total. The molecule has 2 rings (SSSR count). The Kier molecular flexibility index (Phi) is 4.73. The molecule has 0 fully saturated rings. The first-order chi connectivity index (χ1) is 11.8. The number of rotatable bonds is 6. The Balaban J connectivity index is 2.56. The molecule has 0 saturated heterocycles. The molecule has 0 aromatic heterocycles. The molecule has 2 N–H and O–H groups in total. The molecule has 0 saturated carbocycles. The lowest BCUT2D eigenvalue weighted by atomic mass is 9.99. The largest absolute Gasteiger partial charge is 0.502 e. The second-order valence-electron chi connectivity index (χ2n) is 5.03. The fraction of sp³-hybridized carbons (Fsp3) is 0.0667. The number of benzene rings is 2. The number of hydrogen-bond acceptors (Lipinski definition) is 8. The van der Waals surface area contributed by atoms with Gasteiger partial charge in [-0.05, 0) is 29.7 Å². The summed E-state index contributed by atoms with van der Waals surface area (Å²) in [4.78, 5) is 42.0. The van der Waals surface area contributed by atoms with Crippen molar-refractivity contribution in [3.8, 4) is 11.5 Å². The van der Waals surface area contributed by atoms with E-state index in [0.717, 1.165) is 12.1 Å². The van der Waals surface area contributed by atoms with Gasteiger partial charge in [-0.2, -0.15) is 0 Å². The maximum atomic E-state index is 10.9. The fourth-order valence-corrected chi connectivity index (χ4v) is 2.30. The van der Waals surface area contributed by atoms with E-state index in [9.17, 15) is 40.0 Å². The molecule has 0 spiro atoms. The van der Waals surface area contributed by atoms with Crippen molar-refractivity contribution in [1.29, 1.82) is 0 Å². The first-order valence-electron chi connectivity index (χ1n) is 6.69. The Hall–Kier alpha value is -3.82. The van der Waals surface area contributed by atoms with Crippen molar-refractivity contribution >= 4 is 23.9 Å². The molecule has 0 heterocycles. The van der Waals surface area contributed by atoms with Crippen LogP contribution in [0.15, 0.2) is 24.3 Å². The van der Waals surface area contributed by atoms with Crippen molar-refractivity contribution in [3.05, 3.63) is 66.7 Å². The van der Waals surface area contributed by atoms with E-state index >= 15 is 0 Å². The zero-order chi connectivity index (χ0) is 18.7. The van der Waals surface area contributed by atoms with Gasteiger partial charge in [0.15, 0.2) is 12.6 Å². The summed E-state index contributed by atoms with van der Waals surface area (Å²) in [6.45, 7) is 0. The molecule has 2 aromatic carbocycles. The molecule has 0 aliphatic carbocycles. The number of phenols is 2. The van der Waals surface area contributed by atoms with Crippen LogP contribution in [0.25, 0.3) is 0 Å². The highest BCUT2D eigenvalue weighted by atomic mass is 16.6. The Bertz CT molecular complexity index is 833. The van der Waals surface area contributed by atoms with E-state index in [1.807, 2.05) is 0 Å². The second-order valence-corrected chi connectivity index (χ2v) is 5.03. The van der Waals surface area contributed by atoms with Crippen LogP contribution in [0, 0.1) is 20.2 Å². The van der Waals surface area contributed by atoms with Crippen LogP contribution in [0.5, 0.6) is 11.5 Å². The lowest BCUT2D eigenvalue weighted by molar-refractivity contribution is -0.386. The quantitative estimate of drug-likeness (QED) is 0.456. The number of aldehydes is 2. The minimum atomic E-state index is -0.873. The van der Waals surface area contributed by atoms with Gasteiger partial charge in [-0.1, -0.05) is 0 Å². The predicted molar refractivity (Wildman–Crippen MR) is 83.1 cm³/mol. The Morgan fingerprint density at radius 3 is 1.44 bits per heavy atom. The number of phenolic OH excluding ortho intramolecular Hbond substituents is 2. The second kappa shape index (κ2) is 6.74. The maximum absolute atomic E-state index is 10.9. The van der Waals surface area contributed by atoms with Gasteiger partial charge in [-0.15, -0.1) is 0 Å². The molecule has 0 bridgehead atoms. The smallest absolute Gasteiger partial charge is 0.311 e. The van der Waals surface area contributed by atoms with E-state index < -0.39 is 32.7 Å². The summed E-state index contributed by atoms with van der Waals surface area (Å²) in [7, 11) is 0. The van der Waals surface area contributed by atoms with Gasteiger partial charge in [-0.25, -0.2) is 0 Å². The van der Waals surface area contributed by atoms with Crippen molar-refractivity contribution in [3.63, 3.8) is 0 Å². The topological polar surface area (TPSA) is 161 Å². The summed E-state index contributed by atoms with van der Waals surface area (Å²) in [6, 6.07) is 4.41. The van der Waals surface area contributed by atoms with Crippen molar-refractivity contribution in [1.82, 2.24) is 0 Å². The first kappa shape index (κ1) is 17.5. The van der Waals surface area contributed by atoms with Crippen LogP contribution in [0.2, 0.25) is 0 Å². The van der Waals surface area contributed by atoms with E-state index in [2.05, 4.69) is 0 Å². The lowest BCUT2D eigenvalue weighted by Gasteiger charge is -2.07. The normalized spacial score (nSPS) is 10.2. The molecule has 0 radical (unpaired) electrons. The summed E-state index contributed by atoms with van der Waals surface area (Å²) >= 11 is 0. The fourth-order valence-electron chi connectivity index (χ4n) is 2.30. The number of nitro benzene ring substituents is 2. The number of carbonyl (C=O) groups excluding carboxylic acids is 2. The molecule has 0 unspecified atom stereocenters. The van der Waals surface area contributed by atoms with Gasteiger partial charge in [0.2, 0.25) is 11.5 Å². The molecule has 25 heavy (non-hydrogen) atoms. The Labute approximate surface area is 139 Å². The Morgan fingerprint density at radius 2 is 1.16 bits per heavy atom. The van der Waals surface area contributed by atoms with E-state index in [0.29, 0.717) is 0 Å². The first-order valence-corrected chi connectivity index (χ1v) is 6.69. The average molecular weight is 346 g/mol. The van der Waals surface area contributed by atoms with E-state index in [4.69, 9.17) is 0 Å². The van der Waals surface area contributed by atoms with Gasteiger partial charge in [-0.3, -0.25) is 29.8 Å².